The minimum Gasteiger partial charge on any atom is -0.476 e. The lowest BCUT2D eigenvalue weighted by atomic mass is 10.1. The number of carboxylic acids is 1. The van der Waals surface area contributed by atoms with E-state index >= 15 is 0 Å². The van der Waals surface area contributed by atoms with Crippen LogP contribution in [0.1, 0.15) is 32.4 Å². The van der Waals surface area contributed by atoms with Gasteiger partial charge in [0.25, 0.3) is 0 Å². The minimum absolute atomic E-state index is 0.0790. The van der Waals surface area contributed by atoms with Gasteiger partial charge >= 0.3 is 5.97 Å². The number of thiazole rings is 1. The molecule has 146 valence electrons. The van der Waals surface area contributed by atoms with Crippen LogP contribution in [-0.4, -0.2) is 30.8 Å². The molecule has 0 aliphatic rings. The predicted octanol–water partition coefficient (Wildman–Crippen LogP) is 4.61. The fraction of sp³-hybridized carbons (Fsp3) is 0.143. The van der Waals surface area contributed by atoms with Crippen molar-refractivity contribution in [3.05, 3.63) is 87.6 Å². The summed E-state index contributed by atoms with van der Waals surface area (Å²) >= 11 is 2.84. The second-order valence-corrected chi connectivity index (χ2v) is 8.34. The summed E-state index contributed by atoms with van der Waals surface area (Å²) in [5, 5.41) is 21.0. The molecule has 4 aromatic rings. The summed E-state index contributed by atoms with van der Waals surface area (Å²) in [4.78, 5) is 15.2. The van der Waals surface area contributed by atoms with E-state index in [1.807, 2.05) is 18.2 Å². The van der Waals surface area contributed by atoms with Crippen LogP contribution in [0.2, 0.25) is 0 Å². The Bertz CT molecular complexity index is 1120. The van der Waals surface area contributed by atoms with Crippen LogP contribution in [0.3, 0.4) is 0 Å². The Hall–Kier alpha value is -2.97. The summed E-state index contributed by atoms with van der Waals surface area (Å²) in [5.41, 5.74) is 3.43. The molecule has 4 rings (SSSR count). The first-order valence-electron chi connectivity index (χ1n) is 8.96. The Balaban J connectivity index is 1.63. The fourth-order valence-electron chi connectivity index (χ4n) is 2.84. The zero-order valence-electron chi connectivity index (χ0n) is 15.6. The average Bonchev–Trinajstić information content (AvgIpc) is 3.35. The van der Waals surface area contributed by atoms with Gasteiger partial charge in [0, 0.05) is 17.5 Å². The van der Waals surface area contributed by atoms with Gasteiger partial charge in [-0.2, -0.15) is 0 Å². The molecule has 0 unspecified atom stereocenters. The summed E-state index contributed by atoms with van der Waals surface area (Å²) in [6.45, 7) is 2.05. The molecule has 2 aromatic carbocycles. The Labute approximate surface area is 176 Å². The van der Waals surface area contributed by atoms with Crippen LogP contribution < -0.4 is 0 Å². The maximum atomic E-state index is 11.0. The van der Waals surface area contributed by atoms with Gasteiger partial charge in [0.2, 0.25) is 0 Å². The third-order valence-corrected chi connectivity index (χ3v) is 6.26. The number of aromatic carboxylic acids is 1. The Kier molecular flexibility index (Phi) is 5.73. The van der Waals surface area contributed by atoms with Crippen LogP contribution in [-0.2, 0) is 12.2 Å². The van der Waals surface area contributed by atoms with Gasteiger partial charge in [-0.05, 0) is 24.6 Å². The molecule has 0 fully saturated rings. The lowest BCUT2D eigenvalue weighted by Gasteiger charge is -2.10. The van der Waals surface area contributed by atoms with Crippen molar-refractivity contribution < 1.29 is 9.90 Å². The molecule has 0 saturated carbocycles. The normalized spacial score (nSPS) is 10.9. The minimum atomic E-state index is -1.01. The molecule has 0 aliphatic heterocycles. The predicted molar refractivity (Wildman–Crippen MR) is 114 cm³/mol. The number of nitrogens with zero attached hydrogens (tertiary/aromatic N) is 4. The first kappa shape index (κ1) is 19.4. The maximum Gasteiger partial charge on any atom is 0.355 e. The zero-order chi connectivity index (χ0) is 20.2. The van der Waals surface area contributed by atoms with E-state index in [9.17, 15) is 4.79 Å². The van der Waals surface area contributed by atoms with Gasteiger partial charge in [0.15, 0.2) is 10.9 Å². The molecule has 0 aliphatic carbocycles. The molecule has 6 nitrogen and oxygen atoms in total. The molecule has 0 saturated heterocycles. The van der Waals surface area contributed by atoms with Crippen LogP contribution in [0.4, 0.5) is 0 Å². The molecule has 0 spiro atoms. The lowest BCUT2D eigenvalue weighted by molar-refractivity contribution is 0.0691. The topological polar surface area (TPSA) is 80.9 Å². The summed E-state index contributed by atoms with van der Waals surface area (Å²) in [6.07, 6.45) is 0.669. The van der Waals surface area contributed by atoms with E-state index in [2.05, 4.69) is 63.1 Å². The first-order chi connectivity index (χ1) is 14.1. The second-order valence-electron chi connectivity index (χ2n) is 6.45. The smallest absolute Gasteiger partial charge is 0.355 e. The number of aromatic nitrogens is 4. The van der Waals surface area contributed by atoms with Gasteiger partial charge in [0.1, 0.15) is 10.8 Å². The number of carboxylic acid groups (broad SMARTS) is 1. The van der Waals surface area contributed by atoms with E-state index in [0.29, 0.717) is 12.2 Å². The molecule has 2 aromatic heterocycles. The van der Waals surface area contributed by atoms with Gasteiger partial charge in [-0.1, -0.05) is 59.8 Å². The van der Waals surface area contributed by atoms with Crippen molar-refractivity contribution in [2.45, 2.75) is 24.3 Å². The van der Waals surface area contributed by atoms with Crippen molar-refractivity contribution in [3.8, 4) is 5.69 Å². The number of hydrogen-bond donors (Lipinski definition) is 1. The summed E-state index contributed by atoms with van der Waals surface area (Å²) in [6, 6.07) is 18.4. The average molecular weight is 423 g/mol. The highest BCUT2D eigenvalue weighted by atomic mass is 32.2. The number of aryl methyl sites for hydroxylation is 1. The van der Waals surface area contributed by atoms with Crippen molar-refractivity contribution in [1.82, 2.24) is 19.7 Å². The standard InChI is InChI=1S/C21H18N4O2S2/c1-14-7-9-16(10-8-14)25-18(11-15-5-3-2-4-6-15)23-24-21(25)29-13-19-22-17(12-28-19)20(26)27/h2-10,12H,11,13H2,1H3,(H,26,27). The van der Waals surface area contributed by atoms with Crippen molar-refractivity contribution in [1.29, 1.82) is 0 Å². The molecular weight excluding hydrogens is 404 g/mol. The van der Waals surface area contributed by atoms with E-state index in [-0.39, 0.29) is 5.69 Å². The van der Waals surface area contributed by atoms with Crippen LogP contribution in [0.5, 0.6) is 0 Å². The first-order valence-corrected chi connectivity index (χ1v) is 10.8. The monoisotopic (exact) mass is 422 g/mol. The van der Waals surface area contributed by atoms with Gasteiger partial charge in [-0.3, -0.25) is 4.57 Å². The van der Waals surface area contributed by atoms with Gasteiger partial charge in [-0.25, -0.2) is 9.78 Å². The zero-order valence-corrected chi connectivity index (χ0v) is 17.3. The van der Waals surface area contributed by atoms with E-state index < -0.39 is 5.97 Å². The maximum absolute atomic E-state index is 11.0. The summed E-state index contributed by atoms with van der Waals surface area (Å²) in [7, 11) is 0. The molecule has 0 amide bonds. The van der Waals surface area contributed by atoms with E-state index in [0.717, 1.165) is 27.2 Å². The largest absolute Gasteiger partial charge is 0.476 e. The Morgan fingerprint density at radius 2 is 1.86 bits per heavy atom. The number of hydrogen-bond acceptors (Lipinski definition) is 6. The molecular formula is C21H18N4O2S2. The number of rotatable bonds is 7. The van der Waals surface area contributed by atoms with Crippen LogP contribution >= 0.6 is 23.1 Å². The van der Waals surface area contributed by atoms with Crippen molar-refractivity contribution >= 4 is 29.1 Å². The highest BCUT2D eigenvalue weighted by Gasteiger charge is 2.16. The van der Waals surface area contributed by atoms with Crippen molar-refractivity contribution in [3.63, 3.8) is 0 Å². The summed E-state index contributed by atoms with van der Waals surface area (Å²) in [5.74, 6) is 0.381. The third-order valence-electron chi connectivity index (χ3n) is 4.29. The quantitative estimate of drug-likeness (QED) is 0.438. The van der Waals surface area contributed by atoms with Crippen molar-refractivity contribution in [2.24, 2.45) is 0 Å². The highest BCUT2D eigenvalue weighted by molar-refractivity contribution is 7.98. The van der Waals surface area contributed by atoms with Crippen LogP contribution in [0.15, 0.2) is 65.1 Å². The van der Waals surface area contributed by atoms with E-state index in [1.165, 1.54) is 28.7 Å². The summed E-state index contributed by atoms with van der Waals surface area (Å²) < 4.78 is 2.06. The van der Waals surface area contributed by atoms with Crippen LogP contribution in [0, 0.1) is 6.92 Å². The molecule has 2 heterocycles. The van der Waals surface area contributed by atoms with Gasteiger partial charge < -0.3 is 5.11 Å². The molecule has 8 heteroatoms. The van der Waals surface area contributed by atoms with E-state index in [1.54, 1.807) is 5.38 Å². The Morgan fingerprint density at radius 3 is 2.55 bits per heavy atom. The fourth-order valence-corrected chi connectivity index (χ4v) is 4.60. The number of carbonyl (C=O) groups is 1. The SMILES string of the molecule is Cc1ccc(-n2c(Cc3ccccc3)nnc2SCc2nc(C(=O)O)cs2)cc1. The highest BCUT2D eigenvalue weighted by Crippen LogP contribution is 2.27. The third kappa shape index (κ3) is 4.55. The second kappa shape index (κ2) is 8.59. The Morgan fingerprint density at radius 1 is 1.10 bits per heavy atom. The van der Waals surface area contributed by atoms with Crippen molar-refractivity contribution in [2.75, 3.05) is 0 Å². The van der Waals surface area contributed by atoms with E-state index in [4.69, 9.17) is 5.11 Å². The van der Waals surface area contributed by atoms with Crippen LogP contribution in [0.25, 0.3) is 5.69 Å². The lowest BCUT2D eigenvalue weighted by Crippen LogP contribution is -2.04. The number of thioether (sulfide) groups is 1. The number of benzene rings is 2. The molecule has 0 atom stereocenters. The van der Waals surface area contributed by atoms with Gasteiger partial charge in [-0.15, -0.1) is 21.5 Å². The van der Waals surface area contributed by atoms with Gasteiger partial charge in [0.05, 0.1) is 5.75 Å². The molecule has 0 bridgehead atoms. The molecule has 29 heavy (non-hydrogen) atoms. The molecule has 0 radical (unpaired) electrons. The molecule has 1 N–H and O–H groups in total.